The van der Waals surface area contributed by atoms with Crippen LogP contribution in [0.25, 0.3) is 33.8 Å². The lowest BCUT2D eigenvalue weighted by Crippen LogP contribution is -2.49. The van der Waals surface area contributed by atoms with E-state index in [1.54, 1.807) is 21.9 Å². The summed E-state index contributed by atoms with van der Waals surface area (Å²) < 4.78 is 28.7. The van der Waals surface area contributed by atoms with Crippen LogP contribution in [-0.4, -0.2) is 131 Å². The van der Waals surface area contributed by atoms with E-state index in [9.17, 15) is 19.2 Å². The second kappa shape index (κ2) is 18.5. The highest BCUT2D eigenvalue weighted by molar-refractivity contribution is 6.02. The molecule has 8 heterocycles. The number of anilines is 2. The summed E-state index contributed by atoms with van der Waals surface area (Å²) in [4.78, 5) is 74.3. The van der Waals surface area contributed by atoms with Crippen LogP contribution in [-0.2, 0) is 24.7 Å². The summed E-state index contributed by atoms with van der Waals surface area (Å²) in [5.41, 5.74) is 10.5. The van der Waals surface area contributed by atoms with Crippen LogP contribution >= 0.6 is 0 Å². The summed E-state index contributed by atoms with van der Waals surface area (Å²) in [5, 5.41) is 15.4. The first kappa shape index (κ1) is 45.2. The molecule has 0 radical (unpaired) electrons. The minimum absolute atomic E-state index is 0.0930. The fourth-order valence-electron chi connectivity index (χ4n) is 10.3. The number of benzene rings is 1. The van der Waals surface area contributed by atoms with Gasteiger partial charge in [-0.25, -0.2) is 33.8 Å². The number of carbonyl (C=O) groups excluding carboxylic acids is 4. The van der Waals surface area contributed by atoms with Gasteiger partial charge in [0, 0.05) is 62.6 Å². The molecule has 358 valence electrons. The van der Waals surface area contributed by atoms with Crippen molar-refractivity contribution in [1.29, 1.82) is 0 Å². The van der Waals surface area contributed by atoms with Gasteiger partial charge in [-0.3, -0.25) is 19.7 Å². The first-order valence-electron chi connectivity index (χ1n) is 23.9. The molecule has 4 saturated heterocycles. The van der Waals surface area contributed by atoms with E-state index in [2.05, 4.69) is 30.7 Å². The van der Waals surface area contributed by atoms with Crippen molar-refractivity contribution in [3.63, 3.8) is 0 Å². The quantitative estimate of drug-likeness (QED) is 0.143. The molecule has 0 spiro atoms. The number of hydrogen-bond donors (Lipinski definition) is 3. The third kappa shape index (κ3) is 9.21. The minimum atomic E-state index is -0.566. The van der Waals surface area contributed by atoms with Crippen LogP contribution in [0, 0.1) is 5.82 Å². The summed E-state index contributed by atoms with van der Waals surface area (Å²) in [6.07, 6.45) is 11.9. The third-order valence-electron chi connectivity index (χ3n) is 14.3. The highest BCUT2D eigenvalue weighted by Crippen LogP contribution is 2.48. The van der Waals surface area contributed by atoms with Gasteiger partial charge in [-0.2, -0.15) is 5.10 Å². The molecule has 1 aliphatic carbocycles. The van der Waals surface area contributed by atoms with E-state index >= 15 is 4.39 Å². The molecule has 4 aliphatic heterocycles. The van der Waals surface area contributed by atoms with Crippen LogP contribution in [0.5, 0.6) is 0 Å². The lowest BCUT2D eigenvalue weighted by molar-refractivity contribution is -0.136. The average molecular weight is 932 g/mol. The van der Waals surface area contributed by atoms with Gasteiger partial charge < -0.3 is 35.0 Å². The Morgan fingerprint density at radius 3 is 2.25 bits per heavy atom. The lowest BCUT2D eigenvalue weighted by Gasteiger charge is -2.42. The minimum Gasteiger partial charge on any atom is -0.439 e. The van der Waals surface area contributed by atoms with E-state index in [1.165, 1.54) is 12.4 Å². The Kier molecular flexibility index (Phi) is 12.3. The zero-order valence-corrected chi connectivity index (χ0v) is 38.7. The number of halogens is 1. The van der Waals surface area contributed by atoms with Crippen molar-refractivity contribution >= 4 is 46.4 Å². The summed E-state index contributed by atoms with van der Waals surface area (Å²) in [6, 6.07) is 4.82. The molecule has 4 aromatic heterocycles. The number of aromatic nitrogens is 7. The number of nitrogens with zero attached hydrogens (tertiary/aromatic N) is 10. The molecule has 5 fully saturated rings. The van der Waals surface area contributed by atoms with Crippen molar-refractivity contribution in [2.45, 2.75) is 120 Å². The van der Waals surface area contributed by atoms with Crippen LogP contribution in [0.15, 0.2) is 41.4 Å². The smallest absolute Gasteiger partial charge is 0.410 e. The molecule has 68 heavy (non-hydrogen) atoms. The zero-order chi connectivity index (χ0) is 47.3. The standard InChI is InChI=1S/C48H58FN13O6/c1-48(2,3)62-45-39(43(50)53-26-54-45)40(57-62)41-38(42(68-58-41)29-4-5-29)44-51-23-30(24-52-44)27-10-18-61(19-11-27)47(66)67-25-37(64)60-20-14-32(15-21-60)59-16-12-28(13-17-59)33-7-6-31(22-34(33)49)55-35-8-9-36(63)56-46(35)65/h6-7,22-24,26-29,32,35,55H,4-5,8-21,25H2,1-3H3,(H2,50,53,54)(H,56,63,65). The number of nitrogens with one attached hydrogen (secondary N) is 2. The molecule has 1 atom stereocenters. The van der Waals surface area contributed by atoms with Gasteiger partial charge in [-0.1, -0.05) is 11.2 Å². The number of piperidine rings is 4. The summed E-state index contributed by atoms with van der Waals surface area (Å²) in [6.45, 7) is 9.65. The third-order valence-corrected chi connectivity index (χ3v) is 14.3. The lowest BCUT2D eigenvalue weighted by atomic mass is 9.87. The molecular weight excluding hydrogens is 874 g/mol. The zero-order valence-electron chi connectivity index (χ0n) is 38.7. The number of nitrogens with two attached hydrogens (primary N) is 1. The average Bonchev–Trinajstić information content (AvgIpc) is 3.96. The SMILES string of the molecule is CC(C)(C)n1nc(-c2noc(C3CC3)c2-c2ncc(C3CCN(C(=O)OCC(=O)N4CCC(N5CCC(c6ccc(NC7CCC(=O)NC7=O)cc6F)CC5)CC4)CC3)cn2)c2c(N)ncnc21. The van der Waals surface area contributed by atoms with E-state index < -0.39 is 17.7 Å². The van der Waals surface area contributed by atoms with Crippen LogP contribution in [0.2, 0.25) is 0 Å². The van der Waals surface area contributed by atoms with Crippen LogP contribution in [0.3, 0.4) is 0 Å². The second-order valence-electron chi connectivity index (χ2n) is 19.9. The topological polar surface area (TPSA) is 233 Å². The van der Waals surface area contributed by atoms with Gasteiger partial charge in [0.25, 0.3) is 5.91 Å². The van der Waals surface area contributed by atoms with Gasteiger partial charge >= 0.3 is 6.09 Å². The van der Waals surface area contributed by atoms with Crippen molar-refractivity contribution in [2.75, 3.05) is 56.9 Å². The predicted molar refractivity (Wildman–Crippen MR) is 247 cm³/mol. The Hall–Kier alpha value is -6.57. The maximum Gasteiger partial charge on any atom is 0.410 e. The van der Waals surface area contributed by atoms with E-state index in [1.807, 2.05) is 37.8 Å². The first-order valence-corrected chi connectivity index (χ1v) is 23.9. The number of hydrogen-bond acceptors (Lipinski definition) is 15. The molecule has 0 bridgehead atoms. The molecule has 20 heteroatoms. The molecule has 4 N–H and O–H groups in total. The molecule has 19 nitrogen and oxygen atoms in total. The van der Waals surface area contributed by atoms with Gasteiger partial charge in [0.05, 0.1) is 16.5 Å². The highest BCUT2D eigenvalue weighted by atomic mass is 19.1. The normalized spacial score (nSPS) is 20.5. The number of rotatable bonds is 10. The number of carbonyl (C=O) groups is 4. The van der Waals surface area contributed by atoms with E-state index in [4.69, 9.17) is 30.1 Å². The summed E-state index contributed by atoms with van der Waals surface area (Å²) in [7, 11) is 0. The monoisotopic (exact) mass is 931 g/mol. The van der Waals surface area contributed by atoms with Crippen molar-refractivity contribution in [3.05, 3.63) is 59.6 Å². The summed E-state index contributed by atoms with van der Waals surface area (Å²) in [5.74, 6) is 0.796. The molecule has 1 saturated carbocycles. The number of likely N-dealkylation sites (tertiary alicyclic amines) is 3. The number of amides is 4. The van der Waals surface area contributed by atoms with Gasteiger partial charge in [0.15, 0.2) is 23.8 Å². The largest absolute Gasteiger partial charge is 0.439 e. The summed E-state index contributed by atoms with van der Waals surface area (Å²) >= 11 is 0. The molecule has 1 unspecified atom stereocenters. The number of fused-ring (bicyclic) bond motifs is 1. The van der Waals surface area contributed by atoms with Crippen molar-refractivity contribution < 1.29 is 32.8 Å². The van der Waals surface area contributed by atoms with Gasteiger partial charge in [-0.15, -0.1) is 0 Å². The molecule has 10 rings (SSSR count). The Bertz CT molecular complexity index is 2710. The highest BCUT2D eigenvalue weighted by Gasteiger charge is 2.38. The van der Waals surface area contributed by atoms with Crippen molar-refractivity contribution in [1.82, 2.24) is 54.9 Å². The molecule has 5 aromatic rings. The number of imide groups is 1. The maximum absolute atomic E-state index is 15.3. The Balaban J connectivity index is 0.677. The molecular formula is C48H58FN13O6. The Labute approximate surface area is 392 Å². The fraction of sp³-hybridized carbons (Fsp3) is 0.542. The van der Waals surface area contributed by atoms with Crippen LogP contribution < -0.4 is 16.4 Å². The number of ether oxygens (including phenoxy) is 1. The Morgan fingerprint density at radius 2 is 1.57 bits per heavy atom. The molecule has 1 aromatic carbocycles. The number of nitrogen functional groups attached to an aromatic ring is 1. The van der Waals surface area contributed by atoms with Gasteiger partial charge in [-0.05, 0) is 127 Å². The maximum atomic E-state index is 15.3. The Morgan fingerprint density at radius 1 is 0.868 bits per heavy atom. The van der Waals surface area contributed by atoms with E-state index in [-0.39, 0.29) is 54.3 Å². The van der Waals surface area contributed by atoms with Crippen LogP contribution in [0.1, 0.15) is 120 Å². The van der Waals surface area contributed by atoms with Gasteiger partial charge in [0.2, 0.25) is 11.8 Å². The first-order chi connectivity index (χ1) is 32.8. The molecule has 4 amide bonds. The fourth-order valence-corrected chi connectivity index (χ4v) is 10.3. The van der Waals surface area contributed by atoms with Gasteiger partial charge in [0.1, 0.15) is 35.4 Å². The van der Waals surface area contributed by atoms with E-state index in [0.717, 1.165) is 62.9 Å². The second-order valence-corrected chi connectivity index (χ2v) is 19.9. The van der Waals surface area contributed by atoms with Crippen LogP contribution in [0.4, 0.5) is 20.7 Å². The van der Waals surface area contributed by atoms with Crippen molar-refractivity contribution in [3.8, 4) is 22.8 Å². The van der Waals surface area contributed by atoms with E-state index in [0.29, 0.717) is 102 Å². The predicted octanol–water partition coefficient (Wildman–Crippen LogP) is 5.70. The molecule has 5 aliphatic rings. The van der Waals surface area contributed by atoms with Crippen molar-refractivity contribution in [2.24, 2.45) is 0 Å².